The molecule has 3 rings (SSSR count). The lowest BCUT2D eigenvalue weighted by Crippen LogP contribution is -2.42. The van der Waals surface area contributed by atoms with Gasteiger partial charge in [0.15, 0.2) is 11.6 Å². The molecule has 0 saturated carbocycles. The lowest BCUT2D eigenvalue weighted by Gasteiger charge is -2.36. The van der Waals surface area contributed by atoms with E-state index in [1.807, 2.05) is 0 Å². The van der Waals surface area contributed by atoms with Gasteiger partial charge in [-0.15, -0.1) is 0 Å². The summed E-state index contributed by atoms with van der Waals surface area (Å²) in [4.78, 5) is 0. The molecular weight excluding hydrogens is 238 g/mol. The summed E-state index contributed by atoms with van der Waals surface area (Å²) in [6.07, 6.45) is 3.76. The van der Waals surface area contributed by atoms with E-state index in [9.17, 15) is 13.9 Å². The number of fused-ring (bicyclic) bond motifs is 2. The van der Waals surface area contributed by atoms with Gasteiger partial charge in [-0.25, -0.2) is 8.78 Å². The summed E-state index contributed by atoms with van der Waals surface area (Å²) in [7, 11) is 0. The van der Waals surface area contributed by atoms with Crippen LogP contribution in [0, 0.1) is 11.6 Å². The standard InChI is InChI=1S/C14H16F2O2/c15-12-4-1-9(5-13(12)16)6-14(17)7-10-2-3-11(8-14)18-10/h1,4-5,10-11,17H,2-3,6-8H2. The van der Waals surface area contributed by atoms with E-state index in [1.54, 1.807) is 0 Å². The van der Waals surface area contributed by atoms with E-state index in [-0.39, 0.29) is 12.2 Å². The summed E-state index contributed by atoms with van der Waals surface area (Å²) in [6.45, 7) is 0. The van der Waals surface area contributed by atoms with Crippen molar-refractivity contribution < 1.29 is 18.6 Å². The van der Waals surface area contributed by atoms with E-state index >= 15 is 0 Å². The topological polar surface area (TPSA) is 29.5 Å². The van der Waals surface area contributed by atoms with Crippen molar-refractivity contribution in [1.29, 1.82) is 0 Å². The summed E-state index contributed by atoms with van der Waals surface area (Å²) in [5.41, 5.74) is -0.202. The zero-order valence-corrected chi connectivity index (χ0v) is 10.0. The van der Waals surface area contributed by atoms with Crippen LogP contribution in [-0.4, -0.2) is 22.9 Å². The minimum absolute atomic E-state index is 0.124. The highest BCUT2D eigenvalue weighted by Crippen LogP contribution is 2.40. The zero-order chi connectivity index (χ0) is 12.8. The van der Waals surface area contributed by atoms with Crippen LogP contribution in [0.5, 0.6) is 0 Å². The molecule has 2 atom stereocenters. The van der Waals surface area contributed by atoms with Gasteiger partial charge in [-0.05, 0) is 30.5 Å². The van der Waals surface area contributed by atoms with Gasteiger partial charge in [0.2, 0.25) is 0 Å². The first kappa shape index (κ1) is 12.1. The fourth-order valence-corrected chi connectivity index (χ4v) is 3.19. The quantitative estimate of drug-likeness (QED) is 0.879. The number of ether oxygens (including phenoxy) is 1. The third-order valence-corrected chi connectivity index (χ3v) is 3.93. The number of halogens is 2. The van der Waals surface area contributed by atoms with Crippen molar-refractivity contribution in [2.24, 2.45) is 0 Å². The summed E-state index contributed by atoms with van der Waals surface area (Å²) < 4.78 is 31.7. The van der Waals surface area contributed by atoms with Crippen LogP contribution in [0.2, 0.25) is 0 Å². The van der Waals surface area contributed by atoms with E-state index in [0.29, 0.717) is 24.8 Å². The molecule has 18 heavy (non-hydrogen) atoms. The molecule has 4 heteroatoms. The Morgan fingerprint density at radius 2 is 1.83 bits per heavy atom. The molecular formula is C14H16F2O2. The van der Waals surface area contributed by atoms with Crippen LogP contribution in [0.15, 0.2) is 18.2 Å². The highest BCUT2D eigenvalue weighted by molar-refractivity contribution is 5.20. The summed E-state index contributed by atoms with van der Waals surface area (Å²) in [6, 6.07) is 3.82. The summed E-state index contributed by atoms with van der Waals surface area (Å²) in [5.74, 6) is -1.70. The molecule has 2 heterocycles. The lowest BCUT2D eigenvalue weighted by atomic mass is 9.84. The minimum Gasteiger partial charge on any atom is -0.389 e. The van der Waals surface area contributed by atoms with Crippen LogP contribution in [0.4, 0.5) is 8.78 Å². The maximum atomic E-state index is 13.1. The van der Waals surface area contributed by atoms with E-state index in [1.165, 1.54) is 12.1 Å². The first-order valence-corrected chi connectivity index (χ1v) is 6.36. The molecule has 2 fully saturated rings. The Bertz CT molecular complexity index is 449. The average molecular weight is 254 g/mol. The molecule has 2 nitrogen and oxygen atoms in total. The molecule has 2 aliphatic rings. The second kappa shape index (κ2) is 4.28. The third-order valence-electron chi connectivity index (χ3n) is 3.93. The first-order valence-electron chi connectivity index (χ1n) is 6.36. The minimum atomic E-state index is -0.855. The smallest absolute Gasteiger partial charge is 0.159 e. The molecule has 2 bridgehead atoms. The lowest BCUT2D eigenvalue weighted by molar-refractivity contribution is -0.110. The third kappa shape index (κ3) is 2.27. The van der Waals surface area contributed by atoms with Crippen molar-refractivity contribution in [3.8, 4) is 0 Å². The zero-order valence-electron chi connectivity index (χ0n) is 10.0. The van der Waals surface area contributed by atoms with Crippen LogP contribution >= 0.6 is 0 Å². The fourth-order valence-electron chi connectivity index (χ4n) is 3.19. The molecule has 1 N–H and O–H groups in total. The molecule has 0 amide bonds. The van der Waals surface area contributed by atoms with Crippen molar-refractivity contribution in [2.75, 3.05) is 0 Å². The Morgan fingerprint density at radius 1 is 1.17 bits per heavy atom. The molecule has 1 aromatic rings. The van der Waals surface area contributed by atoms with Gasteiger partial charge in [-0.2, -0.15) is 0 Å². The Balaban J connectivity index is 1.77. The molecule has 98 valence electrons. The van der Waals surface area contributed by atoms with Crippen molar-refractivity contribution in [1.82, 2.24) is 0 Å². The van der Waals surface area contributed by atoms with E-state index in [0.717, 1.165) is 18.9 Å². The molecule has 2 unspecified atom stereocenters. The van der Waals surface area contributed by atoms with Gasteiger partial charge >= 0.3 is 0 Å². The number of hydrogen-bond acceptors (Lipinski definition) is 2. The maximum Gasteiger partial charge on any atom is 0.159 e. The van der Waals surface area contributed by atoms with Crippen LogP contribution in [-0.2, 0) is 11.2 Å². The molecule has 1 aromatic carbocycles. The van der Waals surface area contributed by atoms with Crippen LogP contribution < -0.4 is 0 Å². The Labute approximate surface area is 105 Å². The summed E-state index contributed by atoms with van der Waals surface area (Å²) in [5, 5.41) is 10.6. The van der Waals surface area contributed by atoms with E-state index < -0.39 is 17.2 Å². The number of hydrogen-bond donors (Lipinski definition) is 1. The molecule has 0 aliphatic carbocycles. The number of rotatable bonds is 2. The number of aliphatic hydroxyl groups is 1. The average Bonchev–Trinajstić information content (AvgIpc) is 2.64. The number of benzene rings is 1. The van der Waals surface area contributed by atoms with Crippen molar-refractivity contribution >= 4 is 0 Å². The van der Waals surface area contributed by atoms with Gasteiger partial charge in [-0.3, -0.25) is 0 Å². The van der Waals surface area contributed by atoms with Crippen molar-refractivity contribution in [3.63, 3.8) is 0 Å². The second-order valence-corrected chi connectivity index (χ2v) is 5.52. The molecule has 0 radical (unpaired) electrons. The Hall–Kier alpha value is -1.00. The SMILES string of the molecule is OC1(Cc2ccc(F)c(F)c2)CC2CCC(C1)O2. The Kier molecular flexibility index (Phi) is 2.87. The summed E-state index contributed by atoms with van der Waals surface area (Å²) >= 11 is 0. The van der Waals surface area contributed by atoms with Crippen LogP contribution in [0.1, 0.15) is 31.2 Å². The van der Waals surface area contributed by atoms with Gasteiger partial charge in [0.05, 0.1) is 17.8 Å². The fraction of sp³-hybridized carbons (Fsp3) is 0.571. The van der Waals surface area contributed by atoms with Gasteiger partial charge in [0, 0.05) is 19.3 Å². The highest BCUT2D eigenvalue weighted by atomic mass is 19.2. The molecule has 0 spiro atoms. The molecule has 0 aromatic heterocycles. The maximum absolute atomic E-state index is 13.1. The normalized spacial score (nSPS) is 34.8. The van der Waals surface area contributed by atoms with Gasteiger partial charge < -0.3 is 9.84 Å². The Morgan fingerprint density at radius 3 is 2.44 bits per heavy atom. The molecule has 2 aliphatic heterocycles. The van der Waals surface area contributed by atoms with Crippen molar-refractivity contribution in [2.45, 2.75) is 49.9 Å². The molecule has 2 saturated heterocycles. The monoisotopic (exact) mass is 254 g/mol. The van der Waals surface area contributed by atoms with E-state index in [4.69, 9.17) is 4.74 Å². The predicted octanol–water partition coefficient (Wildman–Crippen LogP) is 2.58. The first-order chi connectivity index (χ1) is 8.54. The largest absolute Gasteiger partial charge is 0.389 e. The van der Waals surface area contributed by atoms with Gasteiger partial charge in [-0.1, -0.05) is 6.07 Å². The van der Waals surface area contributed by atoms with Crippen LogP contribution in [0.25, 0.3) is 0 Å². The van der Waals surface area contributed by atoms with Crippen LogP contribution in [0.3, 0.4) is 0 Å². The second-order valence-electron chi connectivity index (χ2n) is 5.52. The predicted molar refractivity (Wildman–Crippen MR) is 62.1 cm³/mol. The highest BCUT2D eigenvalue weighted by Gasteiger charge is 2.43. The van der Waals surface area contributed by atoms with Gasteiger partial charge in [0.25, 0.3) is 0 Å². The van der Waals surface area contributed by atoms with E-state index in [2.05, 4.69) is 0 Å². The van der Waals surface area contributed by atoms with Crippen molar-refractivity contribution in [3.05, 3.63) is 35.4 Å². The van der Waals surface area contributed by atoms with Gasteiger partial charge in [0.1, 0.15) is 0 Å².